The summed E-state index contributed by atoms with van der Waals surface area (Å²) in [5.41, 5.74) is 0.678. The molecule has 0 N–H and O–H groups in total. The van der Waals surface area contributed by atoms with Crippen molar-refractivity contribution in [3.05, 3.63) is 29.8 Å². The van der Waals surface area contributed by atoms with Crippen LogP contribution in [0.2, 0.25) is 0 Å². The Balaban J connectivity index is 1.59. The monoisotopic (exact) mass is 319 g/mol. The highest BCUT2D eigenvalue weighted by Gasteiger charge is 2.21. The van der Waals surface area contributed by atoms with Crippen molar-refractivity contribution in [2.24, 2.45) is 11.8 Å². The van der Waals surface area contributed by atoms with Gasteiger partial charge in [-0.1, -0.05) is 26.0 Å². The van der Waals surface area contributed by atoms with Crippen molar-refractivity contribution < 1.29 is 14.3 Å². The summed E-state index contributed by atoms with van der Waals surface area (Å²) >= 11 is 0. The van der Waals surface area contributed by atoms with E-state index < -0.39 is 0 Å². The Labute approximate surface area is 139 Å². The Morgan fingerprint density at radius 2 is 1.91 bits per heavy atom. The second kappa shape index (κ2) is 9.04. The highest BCUT2D eigenvalue weighted by atomic mass is 16.5. The third-order valence-corrected chi connectivity index (χ3v) is 4.23. The first-order chi connectivity index (χ1) is 11.0. The van der Waals surface area contributed by atoms with Crippen LogP contribution in [0.3, 0.4) is 0 Å². The summed E-state index contributed by atoms with van der Waals surface area (Å²) in [6, 6.07) is 7.28. The number of benzene rings is 1. The van der Waals surface area contributed by atoms with Gasteiger partial charge in [-0.05, 0) is 37.3 Å². The van der Waals surface area contributed by atoms with Gasteiger partial charge in [-0.15, -0.1) is 0 Å². The number of carbonyl (C=O) groups excluding carboxylic acids is 1. The van der Waals surface area contributed by atoms with Gasteiger partial charge in [-0.3, -0.25) is 4.79 Å². The number of ketones is 1. The van der Waals surface area contributed by atoms with Crippen molar-refractivity contribution in [2.75, 3.05) is 39.5 Å². The van der Waals surface area contributed by atoms with Crippen LogP contribution in [0.1, 0.15) is 37.6 Å². The number of hydrogen-bond acceptors (Lipinski definition) is 4. The molecule has 0 saturated carbocycles. The molecule has 0 aromatic heterocycles. The van der Waals surface area contributed by atoms with Gasteiger partial charge < -0.3 is 14.4 Å². The van der Waals surface area contributed by atoms with E-state index in [9.17, 15) is 4.79 Å². The van der Waals surface area contributed by atoms with Crippen LogP contribution in [0, 0.1) is 11.8 Å². The lowest BCUT2D eigenvalue weighted by molar-refractivity contribution is 0.0595. The largest absolute Gasteiger partial charge is 0.491 e. The fourth-order valence-electron chi connectivity index (χ4n) is 3.29. The molecule has 4 heteroatoms. The van der Waals surface area contributed by atoms with E-state index in [1.165, 1.54) is 19.5 Å². The van der Waals surface area contributed by atoms with Gasteiger partial charge >= 0.3 is 0 Å². The molecule has 1 fully saturated rings. The number of rotatable bonds is 8. The molecule has 128 valence electrons. The summed E-state index contributed by atoms with van der Waals surface area (Å²) in [5.74, 6) is 2.35. The molecule has 0 spiro atoms. The van der Waals surface area contributed by atoms with Crippen LogP contribution in [-0.2, 0) is 4.74 Å². The molecule has 2 atom stereocenters. The fourth-order valence-corrected chi connectivity index (χ4v) is 3.29. The molecule has 0 radical (unpaired) electrons. The zero-order valence-electron chi connectivity index (χ0n) is 14.6. The van der Waals surface area contributed by atoms with Crippen molar-refractivity contribution in [1.82, 2.24) is 4.90 Å². The minimum atomic E-state index is 0.0525. The summed E-state index contributed by atoms with van der Waals surface area (Å²) in [7, 11) is 0. The second-order valence-corrected chi connectivity index (χ2v) is 6.75. The molecule has 0 aliphatic carbocycles. The zero-order valence-corrected chi connectivity index (χ0v) is 14.6. The number of likely N-dealkylation sites (tertiary alicyclic amines) is 1. The quantitative estimate of drug-likeness (QED) is 0.544. The van der Waals surface area contributed by atoms with Crippen LogP contribution in [0.15, 0.2) is 24.3 Å². The van der Waals surface area contributed by atoms with Crippen molar-refractivity contribution in [2.45, 2.75) is 27.2 Å². The lowest BCUT2D eigenvalue weighted by Gasteiger charge is -2.34. The summed E-state index contributed by atoms with van der Waals surface area (Å²) < 4.78 is 11.3. The topological polar surface area (TPSA) is 38.8 Å². The van der Waals surface area contributed by atoms with Gasteiger partial charge in [0.1, 0.15) is 12.4 Å². The lowest BCUT2D eigenvalue weighted by Crippen LogP contribution is -2.40. The van der Waals surface area contributed by atoms with Gasteiger partial charge in [0.25, 0.3) is 0 Å². The number of hydrogen-bond donors (Lipinski definition) is 0. The van der Waals surface area contributed by atoms with Crippen molar-refractivity contribution >= 4 is 5.78 Å². The maximum Gasteiger partial charge on any atom is 0.159 e. The zero-order chi connectivity index (χ0) is 16.7. The number of carbonyl (C=O) groups is 1. The normalized spacial score (nSPS) is 22.0. The second-order valence-electron chi connectivity index (χ2n) is 6.75. The average Bonchev–Trinajstić information content (AvgIpc) is 2.50. The van der Waals surface area contributed by atoms with E-state index in [4.69, 9.17) is 9.47 Å². The molecule has 1 aliphatic rings. The van der Waals surface area contributed by atoms with Gasteiger partial charge in [0.05, 0.1) is 13.2 Å². The molecule has 1 aromatic carbocycles. The third kappa shape index (κ3) is 6.32. The van der Waals surface area contributed by atoms with Gasteiger partial charge in [-0.25, -0.2) is 0 Å². The smallest absolute Gasteiger partial charge is 0.159 e. The van der Waals surface area contributed by atoms with Crippen molar-refractivity contribution in [1.29, 1.82) is 0 Å². The van der Waals surface area contributed by atoms with Gasteiger partial charge in [-0.2, -0.15) is 0 Å². The molecule has 0 amide bonds. The molecule has 23 heavy (non-hydrogen) atoms. The minimum absolute atomic E-state index is 0.0525. The Morgan fingerprint density at radius 1 is 1.17 bits per heavy atom. The van der Waals surface area contributed by atoms with Crippen LogP contribution in [0.4, 0.5) is 0 Å². The summed E-state index contributed by atoms with van der Waals surface area (Å²) in [6.07, 6.45) is 1.34. The molecule has 1 heterocycles. The van der Waals surface area contributed by atoms with Crippen LogP contribution in [0.5, 0.6) is 5.75 Å². The van der Waals surface area contributed by atoms with Crippen LogP contribution in [0.25, 0.3) is 0 Å². The van der Waals surface area contributed by atoms with Gasteiger partial charge in [0, 0.05) is 25.2 Å². The van der Waals surface area contributed by atoms with Crippen molar-refractivity contribution in [3.63, 3.8) is 0 Å². The third-order valence-electron chi connectivity index (χ3n) is 4.23. The number of Topliss-reactive ketones (excluding diaryl/α,β-unsaturated/α-hetero) is 1. The highest BCUT2D eigenvalue weighted by Crippen LogP contribution is 2.20. The summed E-state index contributed by atoms with van der Waals surface area (Å²) in [4.78, 5) is 13.8. The number of ether oxygens (including phenoxy) is 2. The number of nitrogens with zero attached hydrogens (tertiary/aromatic N) is 1. The Morgan fingerprint density at radius 3 is 2.61 bits per heavy atom. The fraction of sp³-hybridized carbons (Fsp3) is 0.632. The molecular formula is C19H29NO3. The Hall–Kier alpha value is -1.39. The number of piperidine rings is 1. The molecule has 0 bridgehead atoms. The van der Waals surface area contributed by atoms with E-state index in [2.05, 4.69) is 18.7 Å². The SMILES string of the molecule is CC(=O)c1cccc(OCCOCCN2C[C@@H](C)C[C@H](C)C2)c1. The predicted octanol–water partition coefficient (Wildman–Crippen LogP) is 3.26. The molecule has 2 rings (SSSR count). The van der Waals surface area contributed by atoms with E-state index in [0.29, 0.717) is 18.8 Å². The molecule has 1 saturated heterocycles. The van der Waals surface area contributed by atoms with Crippen LogP contribution >= 0.6 is 0 Å². The molecule has 0 unspecified atom stereocenters. The van der Waals surface area contributed by atoms with Crippen LogP contribution < -0.4 is 4.74 Å². The maximum atomic E-state index is 11.3. The van der Waals surface area contributed by atoms with E-state index in [1.54, 1.807) is 19.1 Å². The standard InChI is InChI=1S/C19H29NO3/c1-15-11-16(2)14-20(13-15)7-8-22-9-10-23-19-6-4-5-18(12-19)17(3)21/h4-6,12,15-16H,7-11,13-14H2,1-3H3/t15-,16-/m0/s1. The van der Waals surface area contributed by atoms with E-state index in [0.717, 1.165) is 30.7 Å². The minimum Gasteiger partial charge on any atom is -0.491 e. The average molecular weight is 319 g/mol. The molecule has 1 aromatic rings. The molecular weight excluding hydrogens is 290 g/mol. The van der Waals surface area contributed by atoms with E-state index in [-0.39, 0.29) is 5.78 Å². The van der Waals surface area contributed by atoms with Crippen LogP contribution in [-0.4, -0.2) is 50.1 Å². The predicted molar refractivity (Wildman–Crippen MR) is 92.1 cm³/mol. The lowest BCUT2D eigenvalue weighted by atomic mass is 9.92. The Bertz CT molecular complexity index is 493. The first-order valence-electron chi connectivity index (χ1n) is 8.58. The maximum absolute atomic E-state index is 11.3. The first-order valence-corrected chi connectivity index (χ1v) is 8.58. The summed E-state index contributed by atoms with van der Waals surface area (Å²) in [6.45, 7) is 11.4. The van der Waals surface area contributed by atoms with Gasteiger partial charge in [0.15, 0.2) is 5.78 Å². The van der Waals surface area contributed by atoms with Gasteiger partial charge in [0.2, 0.25) is 0 Å². The van der Waals surface area contributed by atoms with E-state index in [1.807, 2.05) is 12.1 Å². The molecule has 4 nitrogen and oxygen atoms in total. The summed E-state index contributed by atoms with van der Waals surface area (Å²) in [5, 5.41) is 0. The van der Waals surface area contributed by atoms with E-state index >= 15 is 0 Å². The first kappa shape index (κ1) is 18.0. The highest BCUT2D eigenvalue weighted by molar-refractivity contribution is 5.94. The van der Waals surface area contributed by atoms with Crippen molar-refractivity contribution in [3.8, 4) is 5.75 Å². The Kier molecular flexibility index (Phi) is 7.06. The molecule has 1 aliphatic heterocycles.